The summed E-state index contributed by atoms with van der Waals surface area (Å²) in [6.45, 7) is 3.45. The number of rotatable bonds is 6. The standard InChI is InChI=1S/C9H17NO5S/c1-4-10-8(11)6-16(13,14)7(2)5-9(12)15-3/h7H,4-6H2,1-3H3,(H,10,11). The maximum absolute atomic E-state index is 11.6. The Morgan fingerprint density at radius 3 is 2.38 bits per heavy atom. The van der Waals surface area contributed by atoms with E-state index in [0.717, 1.165) is 0 Å². The van der Waals surface area contributed by atoms with Gasteiger partial charge in [0, 0.05) is 6.54 Å². The molecule has 0 aliphatic rings. The number of nitrogens with one attached hydrogen (secondary N) is 1. The lowest BCUT2D eigenvalue weighted by molar-refractivity contribution is -0.140. The summed E-state index contributed by atoms with van der Waals surface area (Å²) in [5.74, 6) is -1.76. The molecular formula is C9H17NO5S. The van der Waals surface area contributed by atoms with Crippen LogP contribution in [0.15, 0.2) is 0 Å². The molecule has 7 heteroatoms. The third-order valence-electron chi connectivity index (χ3n) is 2.00. The molecular weight excluding hydrogens is 234 g/mol. The first-order valence-electron chi connectivity index (χ1n) is 4.88. The van der Waals surface area contributed by atoms with Crippen molar-refractivity contribution in [3.63, 3.8) is 0 Å². The van der Waals surface area contributed by atoms with Crippen LogP contribution in [-0.4, -0.2) is 45.0 Å². The Bertz CT molecular complexity index is 349. The molecule has 6 nitrogen and oxygen atoms in total. The van der Waals surface area contributed by atoms with Crippen molar-refractivity contribution in [3.8, 4) is 0 Å². The molecule has 1 amide bonds. The van der Waals surface area contributed by atoms with Crippen LogP contribution >= 0.6 is 0 Å². The van der Waals surface area contributed by atoms with Crippen LogP contribution in [0.3, 0.4) is 0 Å². The van der Waals surface area contributed by atoms with Crippen LogP contribution in [0, 0.1) is 0 Å². The van der Waals surface area contributed by atoms with E-state index in [9.17, 15) is 18.0 Å². The number of carbonyl (C=O) groups is 2. The van der Waals surface area contributed by atoms with Crippen LogP contribution in [0.2, 0.25) is 0 Å². The van der Waals surface area contributed by atoms with Gasteiger partial charge in [0.1, 0.15) is 5.75 Å². The van der Waals surface area contributed by atoms with Crippen molar-refractivity contribution < 1.29 is 22.7 Å². The van der Waals surface area contributed by atoms with Gasteiger partial charge in [-0.25, -0.2) is 8.42 Å². The second-order valence-electron chi connectivity index (χ2n) is 3.35. The summed E-state index contributed by atoms with van der Waals surface area (Å²) in [4.78, 5) is 22.0. The van der Waals surface area contributed by atoms with E-state index in [2.05, 4.69) is 10.1 Å². The Morgan fingerprint density at radius 1 is 1.38 bits per heavy atom. The number of hydrogen-bond donors (Lipinski definition) is 1. The van der Waals surface area contributed by atoms with E-state index in [1.165, 1.54) is 14.0 Å². The lowest BCUT2D eigenvalue weighted by Crippen LogP contribution is -2.34. The van der Waals surface area contributed by atoms with Crippen molar-refractivity contribution in [2.75, 3.05) is 19.4 Å². The Kier molecular flexibility index (Phi) is 6.02. The molecule has 0 aliphatic carbocycles. The Morgan fingerprint density at radius 2 is 1.94 bits per heavy atom. The molecule has 16 heavy (non-hydrogen) atoms. The van der Waals surface area contributed by atoms with E-state index in [-0.39, 0.29) is 6.42 Å². The smallest absolute Gasteiger partial charge is 0.306 e. The monoisotopic (exact) mass is 251 g/mol. The van der Waals surface area contributed by atoms with Gasteiger partial charge in [0.2, 0.25) is 5.91 Å². The topological polar surface area (TPSA) is 89.5 Å². The molecule has 0 heterocycles. The first-order chi connectivity index (χ1) is 7.33. The summed E-state index contributed by atoms with van der Waals surface area (Å²) >= 11 is 0. The fourth-order valence-electron chi connectivity index (χ4n) is 1.02. The summed E-state index contributed by atoms with van der Waals surface area (Å²) in [6.07, 6.45) is -0.238. The number of ether oxygens (including phenoxy) is 1. The molecule has 0 aromatic carbocycles. The summed E-state index contributed by atoms with van der Waals surface area (Å²) in [5.41, 5.74) is 0. The third-order valence-corrected chi connectivity index (χ3v) is 4.06. The van der Waals surface area contributed by atoms with E-state index in [1.54, 1.807) is 6.92 Å². The largest absolute Gasteiger partial charge is 0.469 e. The zero-order chi connectivity index (χ0) is 12.8. The van der Waals surface area contributed by atoms with Gasteiger partial charge in [0.25, 0.3) is 0 Å². The van der Waals surface area contributed by atoms with E-state index >= 15 is 0 Å². The van der Waals surface area contributed by atoms with Crippen LogP contribution in [-0.2, 0) is 24.2 Å². The van der Waals surface area contributed by atoms with Gasteiger partial charge in [0.15, 0.2) is 9.84 Å². The van der Waals surface area contributed by atoms with Gasteiger partial charge in [-0.15, -0.1) is 0 Å². The van der Waals surface area contributed by atoms with Crippen LogP contribution < -0.4 is 5.32 Å². The molecule has 0 spiro atoms. The van der Waals surface area contributed by atoms with Gasteiger partial charge in [-0.1, -0.05) is 0 Å². The maximum Gasteiger partial charge on any atom is 0.306 e. The van der Waals surface area contributed by atoms with Crippen LogP contribution in [0.4, 0.5) is 0 Å². The normalized spacial score (nSPS) is 12.9. The minimum atomic E-state index is -3.60. The second-order valence-corrected chi connectivity index (χ2v) is 5.77. The van der Waals surface area contributed by atoms with Crippen molar-refractivity contribution in [2.24, 2.45) is 0 Å². The van der Waals surface area contributed by atoms with Crippen molar-refractivity contribution in [2.45, 2.75) is 25.5 Å². The Labute approximate surface area is 95.3 Å². The number of hydrogen-bond acceptors (Lipinski definition) is 5. The minimum absolute atomic E-state index is 0.238. The SMILES string of the molecule is CCNC(=O)CS(=O)(=O)C(C)CC(=O)OC. The fraction of sp³-hybridized carbons (Fsp3) is 0.778. The van der Waals surface area contributed by atoms with E-state index < -0.39 is 32.7 Å². The van der Waals surface area contributed by atoms with E-state index in [1.807, 2.05) is 0 Å². The molecule has 0 fully saturated rings. The van der Waals surface area contributed by atoms with E-state index in [0.29, 0.717) is 6.54 Å². The molecule has 1 N–H and O–H groups in total. The average molecular weight is 251 g/mol. The number of sulfone groups is 1. The first kappa shape index (κ1) is 14.9. The van der Waals surface area contributed by atoms with Gasteiger partial charge in [0.05, 0.1) is 18.8 Å². The van der Waals surface area contributed by atoms with Gasteiger partial charge < -0.3 is 10.1 Å². The van der Waals surface area contributed by atoms with Crippen LogP contribution in [0.1, 0.15) is 20.3 Å². The van der Waals surface area contributed by atoms with Gasteiger partial charge in [-0.3, -0.25) is 9.59 Å². The second kappa shape index (κ2) is 6.47. The molecule has 0 saturated carbocycles. The quantitative estimate of drug-likeness (QED) is 0.642. The third kappa shape index (κ3) is 5.11. The maximum atomic E-state index is 11.6. The summed E-state index contributed by atoms with van der Waals surface area (Å²) in [5, 5.41) is 1.48. The molecule has 0 bridgehead atoms. The highest BCUT2D eigenvalue weighted by atomic mass is 32.2. The van der Waals surface area contributed by atoms with Crippen LogP contribution in [0.25, 0.3) is 0 Å². The molecule has 94 valence electrons. The number of esters is 1. The summed E-state index contributed by atoms with van der Waals surface area (Å²) in [7, 11) is -2.41. The zero-order valence-electron chi connectivity index (χ0n) is 9.65. The minimum Gasteiger partial charge on any atom is -0.469 e. The molecule has 1 atom stereocenters. The lowest BCUT2D eigenvalue weighted by Gasteiger charge is -2.11. The predicted molar refractivity (Wildman–Crippen MR) is 58.6 cm³/mol. The number of amides is 1. The molecule has 0 aliphatic heterocycles. The summed E-state index contributed by atoms with van der Waals surface area (Å²) in [6, 6.07) is 0. The van der Waals surface area contributed by atoms with E-state index in [4.69, 9.17) is 0 Å². The molecule has 0 saturated heterocycles. The first-order valence-corrected chi connectivity index (χ1v) is 6.60. The molecule has 1 unspecified atom stereocenters. The van der Waals surface area contributed by atoms with Gasteiger partial charge in [-0.05, 0) is 13.8 Å². The van der Waals surface area contributed by atoms with Crippen molar-refractivity contribution in [1.29, 1.82) is 0 Å². The Balaban J connectivity index is 4.43. The molecule has 0 aromatic rings. The highest BCUT2D eigenvalue weighted by Gasteiger charge is 2.26. The summed E-state index contributed by atoms with van der Waals surface area (Å²) < 4.78 is 27.6. The van der Waals surface area contributed by atoms with Gasteiger partial charge in [-0.2, -0.15) is 0 Å². The van der Waals surface area contributed by atoms with Crippen molar-refractivity contribution >= 4 is 21.7 Å². The van der Waals surface area contributed by atoms with Crippen molar-refractivity contribution in [3.05, 3.63) is 0 Å². The average Bonchev–Trinajstić information content (AvgIpc) is 2.16. The molecule has 0 radical (unpaired) electrons. The van der Waals surface area contributed by atoms with Gasteiger partial charge >= 0.3 is 5.97 Å². The molecule has 0 rings (SSSR count). The van der Waals surface area contributed by atoms with Crippen molar-refractivity contribution in [1.82, 2.24) is 5.32 Å². The number of carbonyl (C=O) groups excluding carboxylic acids is 2. The zero-order valence-corrected chi connectivity index (χ0v) is 10.5. The highest BCUT2D eigenvalue weighted by Crippen LogP contribution is 2.07. The highest BCUT2D eigenvalue weighted by molar-refractivity contribution is 7.92. The fourth-order valence-corrected chi connectivity index (χ4v) is 2.16. The van der Waals surface area contributed by atoms with Crippen LogP contribution in [0.5, 0.6) is 0 Å². The Hall–Kier alpha value is -1.11. The number of methoxy groups -OCH3 is 1. The predicted octanol–water partition coefficient (Wildman–Crippen LogP) is -0.511. The molecule has 0 aromatic heterocycles. The lowest BCUT2D eigenvalue weighted by atomic mass is 10.3.